The normalized spacial score (nSPS) is 25.1. The third-order valence-corrected chi connectivity index (χ3v) is 3.40. The van der Waals surface area contributed by atoms with Crippen molar-refractivity contribution in [2.45, 2.75) is 52.7 Å². The van der Waals surface area contributed by atoms with Crippen LogP contribution in [0.25, 0.3) is 0 Å². The molecule has 17 heavy (non-hydrogen) atoms. The first-order valence-corrected chi connectivity index (χ1v) is 6.75. The fourth-order valence-corrected chi connectivity index (χ4v) is 2.26. The minimum atomic E-state index is 0.0545. The van der Waals surface area contributed by atoms with E-state index in [9.17, 15) is 4.79 Å². The Bertz CT molecular complexity index is 232. The summed E-state index contributed by atoms with van der Waals surface area (Å²) in [5.41, 5.74) is 0. The van der Waals surface area contributed by atoms with Gasteiger partial charge in [0.05, 0.1) is 12.2 Å². The Balaban J connectivity index is 2.36. The van der Waals surface area contributed by atoms with Gasteiger partial charge in [-0.05, 0) is 19.8 Å². The van der Waals surface area contributed by atoms with Crippen molar-refractivity contribution in [3.63, 3.8) is 0 Å². The van der Waals surface area contributed by atoms with Gasteiger partial charge in [0, 0.05) is 19.6 Å². The van der Waals surface area contributed by atoms with Gasteiger partial charge in [-0.1, -0.05) is 26.7 Å². The molecule has 0 saturated carbocycles. The van der Waals surface area contributed by atoms with Gasteiger partial charge in [-0.3, -0.25) is 0 Å². The lowest BCUT2D eigenvalue weighted by Crippen LogP contribution is -2.52. The summed E-state index contributed by atoms with van der Waals surface area (Å²) < 4.78 is 5.61. The fraction of sp³-hybridized carbons (Fsp3) is 0.923. The maximum atomic E-state index is 12.0. The van der Waals surface area contributed by atoms with E-state index in [0.717, 1.165) is 19.4 Å². The van der Waals surface area contributed by atoms with Crippen molar-refractivity contribution < 1.29 is 9.53 Å². The van der Waals surface area contributed by atoms with Crippen molar-refractivity contribution in [3.8, 4) is 0 Å². The molecule has 0 aromatic heterocycles. The first-order valence-electron chi connectivity index (χ1n) is 6.75. The summed E-state index contributed by atoms with van der Waals surface area (Å²) in [6.07, 6.45) is 2.51. The molecule has 1 rings (SSSR count). The van der Waals surface area contributed by atoms with E-state index in [-0.39, 0.29) is 18.2 Å². The van der Waals surface area contributed by atoms with Crippen LogP contribution in [0.2, 0.25) is 0 Å². The van der Waals surface area contributed by atoms with Gasteiger partial charge >= 0.3 is 6.03 Å². The highest BCUT2D eigenvalue weighted by Gasteiger charge is 2.25. The number of urea groups is 1. The number of nitrogens with one attached hydrogen (secondary N) is 1. The number of morpholine rings is 1. The Morgan fingerprint density at radius 3 is 2.29 bits per heavy atom. The van der Waals surface area contributed by atoms with Crippen LogP contribution in [0.5, 0.6) is 0 Å². The largest absolute Gasteiger partial charge is 0.372 e. The van der Waals surface area contributed by atoms with Gasteiger partial charge < -0.3 is 15.0 Å². The van der Waals surface area contributed by atoms with Crippen LogP contribution in [0.4, 0.5) is 4.79 Å². The van der Waals surface area contributed by atoms with Crippen LogP contribution in [0.15, 0.2) is 0 Å². The number of hydrogen-bond acceptors (Lipinski definition) is 2. The molecular formula is C13H26N2O2. The Labute approximate surface area is 105 Å². The SMILES string of the molecule is CCC(CC)CNC(=O)N1CC(C)OC(C)C1. The molecule has 4 nitrogen and oxygen atoms in total. The first kappa shape index (κ1) is 14.3. The van der Waals surface area contributed by atoms with E-state index in [1.165, 1.54) is 0 Å². The monoisotopic (exact) mass is 242 g/mol. The molecule has 0 spiro atoms. The van der Waals surface area contributed by atoms with Crippen LogP contribution in [-0.4, -0.2) is 42.8 Å². The molecule has 2 amide bonds. The van der Waals surface area contributed by atoms with E-state index in [1.54, 1.807) is 0 Å². The molecule has 0 radical (unpaired) electrons. The zero-order valence-electron chi connectivity index (χ0n) is 11.5. The molecular weight excluding hydrogens is 216 g/mol. The number of carbonyl (C=O) groups is 1. The molecule has 0 aromatic rings. The van der Waals surface area contributed by atoms with Gasteiger partial charge in [-0.25, -0.2) is 4.79 Å². The van der Waals surface area contributed by atoms with E-state index < -0.39 is 0 Å². The summed E-state index contributed by atoms with van der Waals surface area (Å²) in [6.45, 7) is 10.5. The van der Waals surface area contributed by atoms with E-state index >= 15 is 0 Å². The molecule has 2 atom stereocenters. The number of hydrogen-bond donors (Lipinski definition) is 1. The third-order valence-electron chi connectivity index (χ3n) is 3.40. The number of rotatable bonds is 4. The van der Waals surface area contributed by atoms with Gasteiger partial charge in [0.2, 0.25) is 0 Å². The summed E-state index contributed by atoms with van der Waals surface area (Å²) >= 11 is 0. The Morgan fingerprint density at radius 1 is 1.29 bits per heavy atom. The zero-order valence-corrected chi connectivity index (χ0v) is 11.5. The van der Waals surface area contributed by atoms with Crippen molar-refractivity contribution in [1.29, 1.82) is 0 Å². The van der Waals surface area contributed by atoms with Crippen LogP contribution < -0.4 is 5.32 Å². The van der Waals surface area contributed by atoms with Crippen LogP contribution in [0.1, 0.15) is 40.5 Å². The summed E-state index contributed by atoms with van der Waals surface area (Å²) in [5.74, 6) is 0.592. The van der Waals surface area contributed by atoms with Gasteiger partial charge in [0.25, 0.3) is 0 Å². The van der Waals surface area contributed by atoms with E-state index in [2.05, 4.69) is 19.2 Å². The highest BCUT2D eigenvalue weighted by molar-refractivity contribution is 5.74. The molecule has 1 fully saturated rings. The summed E-state index contributed by atoms with van der Waals surface area (Å²) in [7, 11) is 0. The molecule has 1 N–H and O–H groups in total. The Kier molecular flexibility index (Phi) is 5.75. The topological polar surface area (TPSA) is 41.6 Å². The number of carbonyl (C=O) groups excluding carboxylic acids is 1. The minimum Gasteiger partial charge on any atom is -0.372 e. The first-order chi connectivity index (χ1) is 8.06. The highest BCUT2D eigenvalue weighted by atomic mass is 16.5. The Hall–Kier alpha value is -0.770. The van der Waals surface area contributed by atoms with Gasteiger partial charge in [0.15, 0.2) is 0 Å². The molecule has 0 aliphatic carbocycles. The maximum absolute atomic E-state index is 12.0. The molecule has 1 aliphatic rings. The van der Waals surface area contributed by atoms with Crippen LogP contribution in [0.3, 0.4) is 0 Å². The van der Waals surface area contributed by atoms with E-state index in [4.69, 9.17) is 4.74 Å². The molecule has 4 heteroatoms. The molecule has 0 bridgehead atoms. The van der Waals surface area contributed by atoms with Crippen LogP contribution in [0, 0.1) is 5.92 Å². The van der Waals surface area contributed by atoms with E-state index in [0.29, 0.717) is 19.0 Å². The Morgan fingerprint density at radius 2 is 1.82 bits per heavy atom. The van der Waals surface area contributed by atoms with Crippen LogP contribution in [-0.2, 0) is 4.74 Å². The number of amides is 2. The second-order valence-corrected chi connectivity index (χ2v) is 5.03. The summed E-state index contributed by atoms with van der Waals surface area (Å²) in [4.78, 5) is 13.8. The third kappa shape index (κ3) is 4.54. The summed E-state index contributed by atoms with van der Waals surface area (Å²) in [5, 5.41) is 3.03. The maximum Gasteiger partial charge on any atom is 0.317 e. The minimum absolute atomic E-state index is 0.0545. The summed E-state index contributed by atoms with van der Waals surface area (Å²) in [6, 6.07) is 0.0545. The van der Waals surface area contributed by atoms with E-state index in [1.807, 2.05) is 18.7 Å². The molecule has 0 aromatic carbocycles. The second-order valence-electron chi connectivity index (χ2n) is 5.03. The molecule has 1 saturated heterocycles. The van der Waals surface area contributed by atoms with Gasteiger partial charge in [-0.15, -0.1) is 0 Å². The lowest BCUT2D eigenvalue weighted by molar-refractivity contribution is -0.0545. The van der Waals surface area contributed by atoms with Crippen molar-refractivity contribution in [2.24, 2.45) is 5.92 Å². The van der Waals surface area contributed by atoms with Crippen molar-refractivity contribution in [1.82, 2.24) is 10.2 Å². The van der Waals surface area contributed by atoms with Crippen molar-refractivity contribution in [2.75, 3.05) is 19.6 Å². The smallest absolute Gasteiger partial charge is 0.317 e. The zero-order chi connectivity index (χ0) is 12.8. The number of ether oxygens (including phenoxy) is 1. The lowest BCUT2D eigenvalue weighted by atomic mass is 10.0. The van der Waals surface area contributed by atoms with Crippen LogP contribution >= 0.6 is 0 Å². The second kappa shape index (κ2) is 6.84. The lowest BCUT2D eigenvalue weighted by Gasteiger charge is -2.35. The average Bonchev–Trinajstić information content (AvgIpc) is 2.28. The molecule has 2 unspecified atom stereocenters. The molecule has 1 heterocycles. The standard InChI is InChI=1S/C13H26N2O2/c1-5-12(6-2)7-14-13(16)15-8-10(3)17-11(4)9-15/h10-12H,5-9H2,1-4H3,(H,14,16). The average molecular weight is 242 g/mol. The predicted molar refractivity (Wildman–Crippen MR) is 69.1 cm³/mol. The fourth-order valence-electron chi connectivity index (χ4n) is 2.26. The number of nitrogens with zero attached hydrogens (tertiary/aromatic N) is 1. The van der Waals surface area contributed by atoms with Gasteiger partial charge in [0.1, 0.15) is 0 Å². The highest BCUT2D eigenvalue weighted by Crippen LogP contribution is 2.11. The van der Waals surface area contributed by atoms with Crippen molar-refractivity contribution >= 4 is 6.03 Å². The predicted octanol–water partition coefficient (Wildman–Crippen LogP) is 2.24. The van der Waals surface area contributed by atoms with Crippen molar-refractivity contribution in [3.05, 3.63) is 0 Å². The van der Waals surface area contributed by atoms with Gasteiger partial charge in [-0.2, -0.15) is 0 Å². The molecule has 100 valence electrons. The molecule has 1 aliphatic heterocycles. The quantitative estimate of drug-likeness (QED) is 0.821.